The molecule has 0 aromatic heterocycles. The van der Waals surface area contributed by atoms with E-state index in [0.717, 1.165) is 5.56 Å². The minimum Gasteiger partial charge on any atom is -0.497 e. The highest BCUT2D eigenvalue weighted by atomic mass is 19.3. The van der Waals surface area contributed by atoms with Crippen molar-refractivity contribution in [3.63, 3.8) is 0 Å². The lowest BCUT2D eigenvalue weighted by Crippen LogP contribution is -2.35. The Hall–Kier alpha value is -1.65. The van der Waals surface area contributed by atoms with Gasteiger partial charge >= 0.3 is 6.43 Å². The first-order chi connectivity index (χ1) is 9.02. The van der Waals surface area contributed by atoms with E-state index in [1.54, 1.807) is 19.2 Å². The third kappa shape index (κ3) is 2.85. The van der Waals surface area contributed by atoms with Gasteiger partial charge in [-0.1, -0.05) is 19.1 Å². The van der Waals surface area contributed by atoms with Gasteiger partial charge in [-0.3, -0.25) is 4.79 Å². The fourth-order valence-corrected chi connectivity index (χ4v) is 2.56. The second kappa shape index (κ2) is 5.55. The predicted octanol–water partition coefficient (Wildman–Crippen LogP) is 2.87. The lowest BCUT2D eigenvalue weighted by Gasteiger charge is -2.24. The van der Waals surface area contributed by atoms with Gasteiger partial charge in [-0.2, -0.15) is 8.78 Å². The molecule has 0 unspecified atom stereocenters. The average molecular weight is 269 g/mol. The van der Waals surface area contributed by atoms with Crippen LogP contribution in [0.5, 0.6) is 5.75 Å². The highest BCUT2D eigenvalue weighted by molar-refractivity contribution is 5.80. The summed E-state index contributed by atoms with van der Waals surface area (Å²) >= 11 is 0. The molecule has 0 spiro atoms. The van der Waals surface area contributed by atoms with E-state index in [-0.39, 0.29) is 12.0 Å². The first-order valence-electron chi connectivity index (χ1n) is 6.25. The van der Waals surface area contributed by atoms with Crippen molar-refractivity contribution in [2.75, 3.05) is 13.7 Å². The molecule has 2 atom stereocenters. The first-order valence-corrected chi connectivity index (χ1v) is 6.25. The number of amides is 1. The van der Waals surface area contributed by atoms with Gasteiger partial charge in [0.25, 0.3) is 5.91 Å². The fourth-order valence-electron chi connectivity index (χ4n) is 2.56. The first kappa shape index (κ1) is 13.8. The summed E-state index contributed by atoms with van der Waals surface area (Å²) in [5, 5.41) is 0. The minimum absolute atomic E-state index is 0.231. The Morgan fingerprint density at radius 2 is 2.00 bits per heavy atom. The monoisotopic (exact) mass is 269 g/mol. The van der Waals surface area contributed by atoms with E-state index in [0.29, 0.717) is 18.7 Å². The van der Waals surface area contributed by atoms with E-state index >= 15 is 0 Å². The predicted molar refractivity (Wildman–Crippen MR) is 67.2 cm³/mol. The van der Waals surface area contributed by atoms with Crippen molar-refractivity contribution in [2.24, 2.45) is 5.92 Å². The number of likely N-dealkylation sites (tertiary alicyclic amines) is 1. The number of carbonyl (C=O) groups excluding carboxylic acids is 1. The standard InChI is InChI=1S/C14H17F2NO2/c1-9-7-12(17(8-9)14(18)13(15)16)10-3-5-11(19-2)6-4-10/h3-6,9,12-13H,7-8H2,1-2H3/t9-,12+/m1/s1. The van der Waals surface area contributed by atoms with E-state index in [4.69, 9.17) is 4.74 Å². The van der Waals surface area contributed by atoms with Gasteiger partial charge in [0.15, 0.2) is 0 Å². The molecule has 1 aromatic carbocycles. The van der Waals surface area contributed by atoms with Crippen LogP contribution < -0.4 is 4.74 Å². The summed E-state index contributed by atoms with van der Waals surface area (Å²) in [5.41, 5.74) is 0.874. The number of hydrogen-bond acceptors (Lipinski definition) is 2. The van der Waals surface area contributed by atoms with Gasteiger partial charge in [0.2, 0.25) is 0 Å². The number of nitrogens with zero attached hydrogens (tertiary/aromatic N) is 1. The minimum atomic E-state index is -2.94. The van der Waals surface area contributed by atoms with Crippen molar-refractivity contribution in [3.8, 4) is 5.75 Å². The Balaban J connectivity index is 2.22. The summed E-state index contributed by atoms with van der Waals surface area (Å²) in [4.78, 5) is 12.8. The quantitative estimate of drug-likeness (QED) is 0.844. The summed E-state index contributed by atoms with van der Waals surface area (Å²) in [6.45, 7) is 2.36. The van der Waals surface area contributed by atoms with Crippen molar-refractivity contribution in [3.05, 3.63) is 29.8 Å². The molecule has 1 amide bonds. The van der Waals surface area contributed by atoms with Gasteiger partial charge in [0, 0.05) is 6.54 Å². The molecule has 0 radical (unpaired) electrons. The zero-order valence-electron chi connectivity index (χ0n) is 11.0. The molecular formula is C14H17F2NO2. The third-order valence-corrected chi connectivity index (χ3v) is 3.48. The molecule has 3 nitrogen and oxygen atoms in total. The maximum Gasteiger partial charge on any atom is 0.315 e. The average Bonchev–Trinajstić information content (AvgIpc) is 2.79. The molecule has 1 aliphatic rings. The van der Waals surface area contributed by atoms with Gasteiger partial charge in [-0.05, 0) is 30.0 Å². The number of hydrogen-bond donors (Lipinski definition) is 0. The molecule has 0 aliphatic carbocycles. The largest absolute Gasteiger partial charge is 0.497 e. The van der Waals surface area contributed by atoms with E-state index in [2.05, 4.69) is 0 Å². The van der Waals surface area contributed by atoms with Crippen molar-refractivity contribution in [1.82, 2.24) is 4.90 Å². The number of methoxy groups -OCH3 is 1. The van der Waals surface area contributed by atoms with E-state index in [1.807, 2.05) is 19.1 Å². The lowest BCUT2D eigenvalue weighted by molar-refractivity contribution is -0.143. The number of ether oxygens (including phenoxy) is 1. The Morgan fingerprint density at radius 3 is 2.53 bits per heavy atom. The van der Waals surface area contributed by atoms with Gasteiger partial charge in [0.05, 0.1) is 13.2 Å². The van der Waals surface area contributed by atoms with Crippen LogP contribution in [-0.2, 0) is 4.79 Å². The fraction of sp³-hybridized carbons (Fsp3) is 0.500. The maximum atomic E-state index is 12.6. The molecule has 5 heteroatoms. The summed E-state index contributed by atoms with van der Waals surface area (Å²) in [6.07, 6.45) is -2.23. The number of benzene rings is 1. The van der Waals surface area contributed by atoms with Crippen LogP contribution in [0.3, 0.4) is 0 Å². The highest BCUT2D eigenvalue weighted by Gasteiger charge is 2.37. The zero-order valence-corrected chi connectivity index (χ0v) is 11.0. The summed E-state index contributed by atoms with van der Waals surface area (Å²) in [5.74, 6) is -0.137. The Kier molecular flexibility index (Phi) is 4.02. The smallest absolute Gasteiger partial charge is 0.315 e. The molecule has 1 saturated heterocycles. The molecule has 0 N–H and O–H groups in total. The topological polar surface area (TPSA) is 29.5 Å². The molecule has 2 rings (SSSR count). The molecule has 19 heavy (non-hydrogen) atoms. The Bertz CT molecular complexity index is 447. The third-order valence-electron chi connectivity index (χ3n) is 3.48. The highest BCUT2D eigenvalue weighted by Crippen LogP contribution is 2.36. The molecule has 0 saturated carbocycles. The maximum absolute atomic E-state index is 12.6. The van der Waals surface area contributed by atoms with Crippen molar-refractivity contribution in [1.29, 1.82) is 0 Å². The summed E-state index contributed by atoms with van der Waals surface area (Å²) < 4.78 is 30.3. The van der Waals surface area contributed by atoms with Crippen LogP contribution in [0.25, 0.3) is 0 Å². The van der Waals surface area contributed by atoms with Gasteiger partial charge in [-0.25, -0.2) is 0 Å². The van der Waals surface area contributed by atoms with Crippen molar-refractivity contribution in [2.45, 2.75) is 25.8 Å². The second-order valence-electron chi connectivity index (χ2n) is 4.92. The van der Waals surface area contributed by atoms with Crippen molar-refractivity contribution < 1.29 is 18.3 Å². The number of rotatable bonds is 3. The van der Waals surface area contributed by atoms with Crippen LogP contribution in [0.2, 0.25) is 0 Å². The molecule has 104 valence electrons. The van der Waals surface area contributed by atoms with Crippen LogP contribution in [0, 0.1) is 5.92 Å². The lowest BCUT2D eigenvalue weighted by atomic mass is 10.0. The molecule has 1 fully saturated rings. The van der Waals surface area contributed by atoms with E-state index in [1.165, 1.54) is 4.90 Å². The molecule has 0 bridgehead atoms. The second-order valence-corrected chi connectivity index (χ2v) is 4.92. The number of carbonyl (C=O) groups is 1. The SMILES string of the molecule is COc1ccc([C@@H]2C[C@@H](C)CN2C(=O)C(F)F)cc1. The Labute approximate surface area is 111 Å². The van der Waals surface area contributed by atoms with Crippen LogP contribution >= 0.6 is 0 Å². The number of halogens is 2. The normalized spacial score (nSPS) is 22.9. The van der Waals surface area contributed by atoms with Gasteiger partial charge < -0.3 is 9.64 Å². The van der Waals surface area contributed by atoms with Crippen LogP contribution in [-0.4, -0.2) is 30.9 Å². The molecule has 1 aromatic rings. The number of alkyl halides is 2. The molecular weight excluding hydrogens is 252 g/mol. The zero-order chi connectivity index (χ0) is 14.0. The van der Waals surface area contributed by atoms with E-state index < -0.39 is 12.3 Å². The van der Waals surface area contributed by atoms with Gasteiger partial charge in [-0.15, -0.1) is 0 Å². The van der Waals surface area contributed by atoms with Crippen LogP contribution in [0.4, 0.5) is 8.78 Å². The molecule has 1 aliphatic heterocycles. The molecule has 1 heterocycles. The van der Waals surface area contributed by atoms with Gasteiger partial charge in [0.1, 0.15) is 5.75 Å². The summed E-state index contributed by atoms with van der Waals surface area (Å²) in [6, 6.07) is 6.95. The van der Waals surface area contributed by atoms with Crippen LogP contribution in [0.15, 0.2) is 24.3 Å². The van der Waals surface area contributed by atoms with Crippen molar-refractivity contribution >= 4 is 5.91 Å². The van der Waals surface area contributed by atoms with E-state index in [9.17, 15) is 13.6 Å². The van der Waals surface area contributed by atoms with Crippen LogP contribution in [0.1, 0.15) is 24.9 Å². The Morgan fingerprint density at radius 1 is 1.37 bits per heavy atom. The summed E-state index contributed by atoms with van der Waals surface area (Å²) in [7, 11) is 1.57.